The van der Waals surface area contributed by atoms with Crippen LogP contribution in [0.4, 0.5) is 5.69 Å². The van der Waals surface area contributed by atoms with Gasteiger partial charge >= 0.3 is 0 Å². The first-order valence-electron chi connectivity index (χ1n) is 10.1. The normalized spacial score (nSPS) is 25.6. The minimum atomic E-state index is -0.805. The molecule has 0 radical (unpaired) electrons. The second-order valence-corrected chi connectivity index (χ2v) is 8.74. The van der Waals surface area contributed by atoms with Crippen molar-refractivity contribution in [1.29, 1.82) is 0 Å². The van der Waals surface area contributed by atoms with E-state index in [4.69, 9.17) is 9.47 Å². The Kier molecular flexibility index (Phi) is 4.89. The maximum Gasteiger partial charge on any atom is 0.228 e. The zero-order valence-corrected chi connectivity index (χ0v) is 17.0. The van der Waals surface area contributed by atoms with Crippen LogP contribution in [0.15, 0.2) is 35.0 Å². The van der Waals surface area contributed by atoms with Crippen LogP contribution in [0.5, 0.6) is 0 Å². The molecule has 2 aromatic rings. The largest absolute Gasteiger partial charge is 0.380 e. The van der Waals surface area contributed by atoms with Gasteiger partial charge in [-0.25, -0.2) is 0 Å². The molecule has 3 saturated heterocycles. The van der Waals surface area contributed by atoms with E-state index in [2.05, 4.69) is 28.4 Å². The van der Waals surface area contributed by atoms with Crippen LogP contribution < -0.4 is 10.2 Å². The fourth-order valence-corrected chi connectivity index (χ4v) is 5.30. The number of hydrogen-bond acceptors (Lipinski definition) is 6. The molecule has 0 spiro atoms. The number of anilines is 1. The van der Waals surface area contributed by atoms with Gasteiger partial charge in [0.1, 0.15) is 5.78 Å². The van der Waals surface area contributed by atoms with Crippen LogP contribution in [-0.2, 0) is 24.6 Å². The number of rotatable bonds is 4. The minimum Gasteiger partial charge on any atom is -0.380 e. The highest BCUT2D eigenvalue weighted by Crippen LogP contribution is 2.43. The van der Waals surface area contributed by atoms with Crippen molar-refractivity contribution >= 4 is 28.7 Å². The molecule has 1 atom stereocenters. The third-order valence-electron chi connectivity index (χ3n) is 6.14. The maximum absolute atomic E-state index is 12.5. The van der Waals surface area contributed by atoms with Gasteiger partial charge in [0.05, 0.1) is 38.4 Å². The molecule has 0 bridgehead atoms. The molecule has 0 saturated carbocycles. The predicted octanol–water partition coefficient (Wildman–Crippen LogP) is 2.42. The van der Waals surface area contributed by atoms with Crippen molar-refractivity contribution in [3.8, 4) is 0 Å². The van der Waals surface area contributed by atoms with Crippen LogP contribution in [-0.4, -0.2) is 51.2 Å². The van der Waals surface area contributed by atoms with Gasteiger partial charge in [-0.3, -0.25) is 9.59 Å². The van der Waals surface area contributed by atoms with Crippen molar-refractivity contribution in [3.63, 3.8) is 0 Å². The number of amides is 1. The molecule has 1 unspecified atom stereocenters. The van der Waals surface area contributed by atoms with Gasteiger partial charge in [-0.1, -0.05) is 6.07 Å². The van der Waals surface area contributed by atoms with Crippen LogP contribution in [0, 0.1) is 0 Å². The molecule has 3 fully saturated rings. The van der Waals surface area contributed by atoms with Gasteiger partial charge in [0.15, 0.2) is 0 Å². The summed E-state index contributed by atoms with van der Waals surface area (Å²) >= 11 is 1.58. The Hall–Kier alpha value is -2.22. The van der Waals surface area contributed by atoms with E-state index >= 15 is 0 Å². The number of morpholine rings is 1. The van der Waals surface area contributed by atoms with E-state index in [0.717, 1.165) is 43.1 Å². The average Bonchev–Trinajstić information content (AvgIpc) is 3.22. The van der Waals surface area contributed by atoms with E-state index in [0.29, 0.717) is 13.2 Å². The number of thiophene rings is 1. The molecule has 1 aromatic heterocycles. The van der Waals surface area contributed by atoms with Crippen molar-refractivity contribution in [2.75, 3.05) is 44.4 Å². The highest BCUT2D eigenvalue weighted by Gasteiger charge is 2.45. The van der Waals surface area contributed by atoms with Gasteiger partial charge in [0, 0.05) is 31.1 Å². The smallest absolute Gasteiger partial charge is 0.228 e. The molecule has 1 N–H and O–H groups in total. The molecule has 4 heterocycles. The summed E-state index contributed by atoms with van der Waals surface area (Å²) in [5.74, 6) is 0.0453. The van der Waals surface area contributed by atoms with E-state index < -0.39 is 5.54 Å². The van der Waals surface area contributed by atoms with Crippen LogP contribution in [0.2, 0.25) is 0 Å². The number of benzene rings is 1. The predicted molar refractivity (Wildman–Crippen MR) is 111 cm³/mol. The summed E-state index contributed by atoms with van der Waals surface area (Å²) in [4.78, 5) is 27.3. The Bertz CT molecular complexity index is 901. The molecule has 6 nitrogen and oxygen atoms in total. The second-order valence-electron chi connectivity index (χ2n) is 7.96. The Morgan fingerprint density at radius 3 is 2.59 bits per heavy atom. The summed E-state index contributed by atoms with van der Waals surface area (Å²) < 4.78 is 11.0. The van der Waals surface area contributed by atoms with Crippen molar-refractivity contribution < 1.29 is 19.1 Å². The Morgan fingerprint density at radius 2 is 1.93 bits per heavy atom. The first-order chi connectivity index (χ1) is 14.2. The molecule has 3 aliphatic heterocycles. The summed E-state index contributed by atoms with van der Waals surface area (Å²) in [5, 5.41) is 7.23. The molecule has 1 aromatic carbocycles. The highest BCUT2D eigenvalue weighted by atomic mass is 32.1. The zero-order valence-electron chi connectivity index (χ0n) is 16.2. The lowest BCUT2D eigenvalue weighted by atomic mass is 9.73. The summed E-state index contributed by atoms with van der Waals surface area (Å²) in [5.41, 5.74) is 3.52. The summed E-state index contributed by atoms with van der Waals surface area (Å²) in [6, 6.07) is 8.46. The first kappa shape index (κ1) is 18.8. The Balaban J connectivity index is 1.63. The number of Topliss-reactive ketones (excluding diaryl/α,β-unsaturated/α-hetero) is 1. The van der Waals surface area contributed by atoms with Gasteiger partial charge in [0.2, 0.25) is 5.91 Å². The lowest BCUT2D eigenvalue weighted by Gasteiger charge is -2.41. The molecule has 5 rings (SSSR count). The average molecular weight is 413 g/mol. The van der Waals surface area contributed by atoms with Gasteiger partial charge in [-0.05, 0) is 45.6 Å². The van der Waals surface area contributed by atoms with E-state index in [1.165, 1.54) is 5.56 Å². The number of nitrogens with zero attached hydrogens (tertiary/aromatic N) is 1. The maximum atomic E-state index is 12.5. The van der Waals surface area contributed by atoms with Crippen LogP contribution >= 0.6 is 11.3 Å². The number of nitrogens with one attached hydrogen (secondary N) is 1. The third-order valence-corrected chi connectivity index (χ3v) is 6.82. The third kappa shape index (κ3) is 3.37. The molecule has 7 heteroatoms. The molecular formula is C22H24N2O4S. The summed E-state index contributed by atoms with van der Waals surface area (Å²) in [7, 11) is 0. The second kappa shape index (κ2) is 7.55. The van der Waals surface area contributed by atoms with Crippen molar-refractivity contribution in [2.24, 2.45) is 0 Å². The fourth-order valence-electron chi connectivity index (χ4n) is 4.57. The van der Waals surface area contributed by atoms with Crippen molar-refractivity contribution in [1.82, 2.24) is 5.32 Å². The number of carbonyl (C=O) groups is 2. The number of carbonyl (C=O) groups excluding carboxylic acids is 2. The Labute approximate surface area is 173 Å². The molecule has 1 amide bonds. The standard InChI is InChI=1S/C22H24N2O4S/c25-18-10-21(26)23-22(11-18,16-3-8-29-14-16)20-2-1-17(24-4-6-27-7-5-24)9-19(20)15-12-28-13-15/h1-3,8-9,14-15H,4-7,10-13H2,(H,23,26). The van der Waals surface area contributed by atoms with E-state index in [1.807, 2.05) is 16.8 Å². The van der Waals surface area contributed by atoms with Crippen LogP contribution in [0.3, 0.4) is 0 Å². The molecule has 152 valence electrons. The molecule has 0 aliphatic carbocycles. The van der Waals surface area contributed by atoms with Gasteiger partial charge in [-0.15, -0.1) is 0 Å². The SMILES string of the molecule is O=C1CC(=O)NC(c2ccsc2)(c2ccc(N3CCOCC3)cc2C2COC2)C1. The van der Waals surface area contributed by atoms with Crippen LogP contribution in [0.1, 0.15) is 35.4 Å². The van der Waals surface area contributed by atoms with Crippen molar-refractivity contribution in [2.45, 2.75) is 24.3 Å². The molecule has 29 heavy (non-hydrogen) atoms. The van der Waals surface area contributed by atoms with Gasteiger partial charge in [-0.2, -0.15) is 11.3 Å². The monoisotopic (exact) mass is 412 g/mol. The molecular weight excluding hydrogens is 388 g/mol. The van der Waals surface area contributed by atoms with Gasteiger partial charge < -0.3 is 19.7 Å². The van der Waals surface area contributed by atoms with Crippen molar-refractivity contribution in [3.05, 3.63) is 51.7 Å². The topological polar surface area (TPSA) is 67.9 Å². The summed E-state index contributed by atoms with van der Waals surface area (Å²) in [6.45, 7) is 4.53. The lowest BCUT2D eigenvalue weighted by molar-refractivity contribution is -0.133. The highest BCUT2D eigenvalue weighted by molar-refractivity contribution is 7.08. The van der Waals surface area contributed by atoms with E-state index in [-0.39, 0.29) is 30.4 Å². The van der Waals surface area contributed by atoms with E-state index in [1.54, 1.807) is 11.3 Å². The minimum absolute atomic E-state index is 0.0204. The quantitative estimate of drug-likeness (QED) is 0.782. The number of ether oxygens (including phenoxy) is 2. The van der Waals surface area contributed by atoms with Crippen LogP contribution in [0.25, 0.3) is 0 Å². The summed E-state index contributed by atoms with van der Waals surface area (Å²) in [6.07, 6.45) is 0.243. The van der Waals surface area contributed by atoms with Gasteiger partial charge in [0.25, 0.3) is 0 Å². The zero-order chi connectivity index (χ0) is 19.8. The number of ketones is 1. The Morgan fingerprint density at radius 1 is 1.10 bits per heavy atom. The first-order valence-corrected chi connectivity index (χ1v) is 11.0. The molecule has 3 aliphatic rings. The number of piperidine rings is 1. The van der Waals surface area contributed by atoms with E-state index in [9.17, 15) is 9.59 Å². The number of hydrogen-bond donors (Lipinski definition) is 1. The lowest BCUT2D eigenvalue weighted by Crippen LogP contribution is -2.53. The fraction of sp³-hybridized carbons (Fsp3) is 0.455.